The number of amides is 1. The average Bonchev–Trinajstić information content (AvgIpc) is 2.86. The highest BCUT2D eigenvalue weighted by Crippen LogP contribution is 2.13. The summed E-state index contributed by atoms with van der Waals surface area (Å²) in [7, 11) is 1.88. The fourth-order valence-corrected chi connectivity index (χ4v) is 2.82. The highest BCUT2D eigenvalue weighted by molar-refractivity contribution is 5.78. The summed E-state index contributed by atoms with van der Waals surface area (Å²) in [5, 5.41) is 4.29. The lowest BCUT2D eigenvalue weighted by molar-refractivity contribution is -0.130. The molecule has 6 nitrogen and oxygen atoms in total. The standard InChI is InChI=1S/C16H21N5O/c1-13-11-14(19(2)18-13)12-16(22)21-9-7-20(8-10-21)15-5-3-4-6-17-15/h3-6,11H,7-10,12H2,1-2H3. The maximum Gasteiger partial charge on any atom is 0.228 e. The monoisotopic (exact) mass is 299 g/mol. The quantitative estimate of drug-likeness (QED) is 0.849. The third-order valence-corrected chi connectivity index (χ3v) is 4.04. The van der Waals surface area contributed by atoms with Gasteiger partial charge in [-0.25, -0.2) is 4.98 Å². The number of aryl methyl sites for hydroxylation is 2. The van der Waals surface area contributed by atoms with Gasteiger partial charge in [0.05, 0.1) is 12.1 Å². The molecule has 0 saturated carbocycles. The van der Waals surface area contributed by atoms with Crippen LogP contribution >= 0.6 is 0 Å². The summed E-state index contributed by atoms with van der Waals surface area (Å²) in [5.74, 6) is 1.15. The van der Waals surface area contributed by atoms with Gasteiger partial charge in [0.1, 0.15) is 5.82 Å². The number of anilines is 1. The van der Waals surface area contributed by atoms with E-state index < -0.39 is 0 Å². The zero-order valence-corrected chi connectivity index (χ0v) is 13.1. The third kappa shape index (κ3) is 3.10. The van der Waals surface area contributed by atoms with Gasteiger partial charge in [0.2, 0.25) is 5.91 Å². The van der Waals surface area contributed by atoms with E-state index in [1.54, 1.807) is 10.9 Å². The summed E-state index contributed by atoms with van der Waals surface area (Å²) in [4.78, 5) is 20.9. The lowest BCUT2D eigenvalue weighted by Crippen LogP contribution is -2.49. The van der Waals surface area contributed by atoms with Crippen LogP contribution in [0.15, 0.2) is 30.5 Å². The molecule has 22 heavy (non-hydrogen) atoms. The van der Waals surface area contributed by atoms with Gasteiger partial charge in [0, 0.05) is 45.1 Å². The Morgan fingerprint density at radius 2 is 2.00 bits per heavy atom. The van der Waals surface area contributed by atoms with Crippen LogP contribution in [0.25, 0.3) is 0 Å². The van der Waals surface area contributed by atoms with E-state index in [-0.39, 0.29) is 5.91 Å². The lowest BCUT2D eigenvalue weighted by atomic mass is 10.2. The maximum atomic E-state index is 12.4. The number of pyridine rings is 1. The molecule has 0 N–H and O–H groups in total. The van der Waals surface area contributed by atoms with Crippen molar-refractivity contribution >= 4 is 11.7 Å². The molecule has 1 fully saturated rings. The second kappa shape index (κ2) is 6.17. The molecule has 2 aromatic rings. The van der Waals surface area contributed by atoms with Crippen molar-refractivity contribution < 1.29 is 4.79 Å². The van der Waals surface area contributed by atoms with E-state index in [2.05, 4.69) is 15.0 Å². The predicted octanol–water partition coefficient (Wildman–Crippen LogP) is 1.01. The Kier molecular flexibility index (Phi) is 4.09. The van der Waals surface area contributed by atoms with Gasteiger partial charge in [-0.15, -0.1) is 0 Å². The number of rotatable bonds is 3. The summed E-state index contributed by atoms with van der Waals surface area (Å²) in [6.45, 7) is 5.08. The Labute approximate surface area is 130 Å². The number of hydrogen-bond acceptors (Lipinski definition) is 4. The van der Waals surface area contributed by atoms with Crippen LogP contribution in [0.3, 0.4) is 0 Å². The number of carbonyl (C=O) groups excluding carboxylic acids is 1. The second-order valence-electron chi connectivity index (χ2n) is 5.63. The summed E-state index contributed by atoms with van der Waals surface area (Å²) in [6.07, 6.45) is 2.22. The smallest absolute Gasteiger partial charge is 0.228 e. The Bertz CT molecular complexity index is 644. The van der Waals surface area contributed by atoms with Gasteiger partial charge in [0.15, 0.2) is 0 Å². The van der Waals surface area contributed by atoms with Crippen molar-refractivity contribution in [3.63, 3.8) is 0 Å². The van der Waals surface area contributed by atoms with Crippen molar-refractivity contribution in [2.24, 2.45) is 7.05 Å². The normalized spacial score (nSPS) is 15.2. The molecule has 116 valence electrons. The van der Waals surface area contributed by atoms with Crippen LogP contribution in [-0.2, 0) is 18.3 Å². The molecule has 0 atom stereocenters. The first-order valence-electron chi connectivity index (χ1n) is 7.57. The highest BCUT2D eigenvalue weighted by atomic mass is 16.2. The number of carbonyl (C=O) groups is 1. The summed E-state index contributed by atoms with van der Waals surface area (Å²) >= 11 is 0. The van der Waals surface area contributed by atoms with Gasteiger partial charge in [-0.1, -0.05) is 6.07 Å². The molecular weight excluding hydrogens is 278 g/mol. The Morgan fingerprint density at radius 1 is 1.23 bits per heavy atom. The van der Waals surface area contributed by atoms with Gasteiger partial charge in [0.25, 0.3) is 0 Å². The molecule has 0 aromatic carbocycles. The van der Waals surface area contributed by atoms with Crippen molar-refractivity contribution in [1.82, 2.24) is 19.7 Å². The van der Waals surface area contributed by atoms with E-state index in [1.807, 2.05) is 43.1 Å². The van der Waals surface area contributed by atoms with Crippen LogP contribution in [0.1, 0.15) is 11.4 Å². The van der Waals surface area contributed by atoms with E-state index in [4.69, 9.17) is 0 Å². The van der Waals surface area contributed by atoms with Crippen LogP contribution in [0.4, 0.5) is 5.82 Å². The van der Waals surface area contributed by atoms with Crippen molar-refractivity contribution in [3.8, 4) is 0 Å². The summed E-state index contributed by atoms with van der Waals surface area (Å²) in [6, 6.07) is 7.89. The van der Waals surface area contributed by atoms with Gasteiger partial charge < -0.3 is 9.80 Å². The number of aromatic nitrogens is 3. The van der Waals surface area contributed by atoms with Crippen LogP contribution in [0.2, 0.25) is 0 Å². The van der Waals surface area contributed by atoms with E-state index in [0.29, 0.717) is 6.42 Å². The minimum atomic E-state index is 0.170. The lowest BCUT2D eigenvalue weighted by Gasteiger charge is -2.35. The summed E-state index contributed by atoms with van der Waals surface area (Å²) < 4.78 is 1.79. The minimum Gasteiger partial charge on any atom is -0.353 e. The van der Waals surface area contributed by atoms with Crippen molar-refractivity contribution in [1.29, 1.82) is 0 Å². The highest BCUT2D eigenvalue weighted by Gasteiger charge is 2.22. The first-order chi connectivity index (χ1) is 10.6. The number of nitrogens with zero attached hydrogens (tertiary/aromatic N) is 5. The van der Waals surface area contributed by atoms with Crippen molar-refractivity contribution in [2.45, 2.75) is 13.3 Å². The van der Waals surface area contributed by atoms with E-state index in [9.17, 15) is 4.79 Å². The number of hydrogen-bond donors (Lipinski definition) is 0. The average molecular weight is 299 g/mol. The first kappa shape index (κ1) is 14.6. The zero-order chi connectivity index (χ0) is 15.5. The molecular formula is C16H21N5O. The largest absolute Gasteiger partial charge is 0.353 e. The molecule has 1 aliphatic heterocycles. The first-order valence-corrected chi connectivity index (χ1v) is 7.57. The van der Waals surface area contributed by atoms with E-state index >= 15 is 0 Å². The topological polar surface area (TPSA) is 54.3 Å². The zero-order valence-electron chi connectivity index (χ0n) is 13.1. The summed E-state index contributed by atoms with van der Waals surface area (Å²) in [5.41, 5.74) is 1.92. The third-order valence-electron chi connectivity index (χ3n) is 4.04. The predicted molar refractivity (Wildman–Crippen MR) is 84.7 cm³/mol. The van der Waals surface area contributed by atoms with Gasteiger partial charge in [-0.05, 0) is 25.1 Å². The fourth-order valence-electron chi connectivity index (χ4n) is 2.82. The van der Waals surface area contributed by atoms with Gasteiger partial charge in [-0.2, -0.15) is 5.10 Å². The van der Waals surface area contributed by atoms with E-state index in [1.165, 1.54) is 0 Å². The molecule has 1 amide bonds. The minimum absolute atomic E-state index is 0.170. The van der Waals surface area contributed by atoms with Crippen LogP contribution in [0, 0.1) is 6.92 Å². The molecule has 0 spiro atoms. The Morgan fingerprint density at radius 3 is 2.59 bits per heavy atom. The SMILES string of the molecule is Cc1cc(CC(=O)N2CCN(c3ccccn3)CC2)n(C)n1. The molecule has 0 radical (unpaired) electrons. The number of piperazine rings is 1. The molecule has 3 rings (SSSR count). The molecule has 1 saturated heterocycles. The molecule has 2 aromatic heterocycles. The second-order valence-corrected chi connectivity index (χ2v) is 5.63. The van der Waals surface area contributed by atoms with Gasteiger partial charge in [-0.3, -0.25) is 9.48 Å². The fraction of sp³-hybridized carbons (Fsp3) is 0.438. The van der Waals surface area contributed by atoms with Crippen LogP contribution in [0.5, 0.6) is 0 Å². The van der Waals surface area contributed by atoms with Gasteiger partial charge >= 0.3 is 0 Å². The molecule has 0 unspecified atom stereocenters. The molecule has 3 heterocycles. The molecule has 0 aliphatic carbocycles. The van der Waals surface area contributed by atoms with Crippen LogP contribution in [-0.4, -0.2) is 51.8 Å². The molecule has 1 aliphatic rings. The molecule has 0 bridgehead atoms. The Balaban J connectivity index is 1.57. The maximum absolute atomic E-state index is 12.4. The Hall–Kier alpha value is -2.37. The van der Waals surface area contributed by atoms with Crippen LogP contribution < -0.4 is 4.90 Å². The van der Waals surface area contributed by atoms with Crippen molar-refractivity contribution in [2.75, 3.05) is 31.1 Å². The van der Waals surface area contributed by atoms with E-state index in [0.717, 1.165) is 43.4 Å². The van der Waals surface area contributed by atoms with Crippen molar-refractivity contribution in [3.05, 3.63) is 41.9 Å². The molecule has 6 heteroatoms.